The maximum absolute atomic E-state index is 15.5. The quantitative estimate of drug-likeness (QED) is 0.288. The van der Waals surface area contributed by atoms with Crippen LogP contribution < -0.4 is 16.1 Å². The lowest BCUT2D eigenvalue weighted by Gasteiger charge is -2.24. The number of carbonyl (C=O) groups is 1. The van der Waals surface area contributed by atoms with E-state index in [0.717, 1.165) is 0 Å². The second-order valence-corrected chi connectivity index (χ2v) is 9.23. The third-order valence-electron chi connectivity index (χ3n) is 5.06. The summed E-state index contributed by atoms with van der Waals surface area (Å²) < 4.78 is 45.0. The minimum absolute atomic E-state index is 0.0534. The monoisotopic (exact) mass is 489 g/mol. The minimum Gasteiger partial charge on any atom is -0.462 e. The summed E-state index contributed by atoms with van der Waals surface area (Å²) in [5, 5.41) is 15.9. The van der Waals surface area contributed by atoms with Gasteiger partial charge in [-0.1, -0.05) is 0 Å². The van der Waals surface area contributed by atoms with Crippen LogP contribution in [0.15, 0.2) is 6.33 Å². The van der Waals surface area contributed by atoms with E-state index in [4.69, 9.17) is 19.7 Å². The number of nitrogens with zero attached hydrogens (tertiary/aromatic N) is 4. The van der Waals surface area contributed by atoms with Crippen LogP contribution in [-0.2, 0) is 23.4 Å². The van der Waals surface area contributed by atoms with Crippen LogP contribution in [0.5, 0.6) is 0 Å². The molecule has 2 unspecified atom stereocenters. The van der Waals surface area contributed by atoms with Crippen LogP contribution in [0, 0.1) is 0 Å². The van der Waals surface area contributed by atoms with Crippen molar-refractivity contribution in [1.82, 2.24) is 24.6 Å². The molecule has 0 amide bonds. The predicted molar refractivity (Wildman–Crippen MR) is 117 cm³/mol. The molecule has 184 valence electrons. The van der Waals surface area contributed by atoms with Gasteiger partial charge in [0.25, 0.3) is 8.18 Å². The van der Waals surface area contributed by atoms with E-state index in [9.17, 15) is 14.5 Å². The highest BCUT2D eigenvalue weighted by molar-refractivity contribution is 7.36. The molecule has 13 nitrogen and oxygen atoms in total. The molecule has 0 spiro atoms. The molecule has 1 aliphatic rings. The Morgan fingerprint density at radius 2 is 2.15 bits per heavy atom. The number of esters is 1. The third-order valence-corrected chi connectivity index (χ3v) is 6.16. The molecule has 3 heterocycles. The Morgan fingerprint density at radius 1 is 1.45 bits per heavy atom. The number of hydrogen-bond donors (Lipinski definition) is 4. The highest BCUT2D eigenvalue weighted by Gasteiger charge is 2.55. The van der Waals surface area contributed by atoms with Gasteiger partial charge in [-0.15, -0.1) is 0 Å². The number of nitrogens with one attached hydrogen (secondary N) is 2. The zero-order valence-electron chi connectivity index (χ0n) is 18.9. The molecular weight excluding hydrogens is 460 g/mol. The van der Waals surface area contributed by atoms with Gasteiger partial charge in [-0.25, -0.2) is 14.5 Å². The SMILES string of the molecule is CNc1nc(N)nc2c1ncn2[C@@H]1OC(CO[PH](=O)N[C@@H](C)C(=O)OC(C)C)[C@@H](O)[C@@]1(C)F. The van der Waals surface area contributed by atoms with Crippen LogP contribution in [0.25, 0.3) is 11.2 Å². The van der Waals surface area contributed by atoms with E-state index in [0.29, 0.717) is 11.3 Å². The summed E-state index contributed by atoms with van der Waals surface area (Å²) in [5.74, 6) is -0.290. The molecule has 0 radical (unpaired) electrons. The molecule has 1 saturated heterocycles. The molecule has 6 atom stereocenters. The highest BCUT2D eigenvalue weighted by Crippen LogP contribution is 2.43. The van der Waals surface area contributed by atoms with Gasteiger partial charge in [-0.05, 0) is 27.7 Å². The van der Waals surface area contributed by atoms with E-state index in [1.165, 1.54) is 24.7 Å². The van der Waals surface area contributed by atoms with E-state index in [-0.39, 0.29) is 24.3 Å². The van der Waals surface area contributed by atoms with Crippen LogP contribution in [0.3, 0.4) is 0 Å². The summed E-state index contributed by atoms with van der Waals surface area (Å²) in [4.78, 5) is 24.2. The third kappa shape index (κ3) is 5.25. The number of carbonyl (C=O) groups excluding carboxylic acids is 1. The van der Waals surface area contributed by atoms with Gasteiger partial charge < -0.3 is 30.2 Å². The van der Waals surface area contributed by atoms with Gasteiger partial charge in [0.1, 0.15) is 18.2 Å². The topological polar surface area (TPSA) is 176 Å². The van der Waals surface area contributed by atoms with Crippen molar-refractivity contribution in [3.8, 4) is 0 Å². The van der Waals surface area contributed by atoms with E-state index in [1.807, 2.05) is 0 Å². The molecule has 0 aromatic carbocycles. The van der Waals surface area contributed by atoms with Gasteiger partial charge in [-0.3, -0.25) is 13.9 Å². The number of aliphatic hydroxyl groups excluding tert-OH is 1. The number of aromatic nitrogens is 4. The zero-order valence-corrected chi connectivity index (χ0v) is 19.9. The molecule has 2 aromatic heterocycles. The summed E-state index contributed by atoms with van der Waals surface area (Å²) in [5.41, 5.74) is 4.03. The largest absolute Gasteiger partial charge is 0.462 e. The number of halogens is 1. The molecule has 0 aliphatic carbocycles. The first-order chi connectivity index (χ1) is 15.4. The molecule has 3 rings (SSSR count). The second-order valence-electron chi connectivity index (χ2n) is 8.08. The van der Waals surface area contributed by atoms with Crippen molar-refractivity contribution in [1.29, 1.82) is 0 Å². The Labute approximate surface area is 190 Å². The van der Waals surface area contributed by atoms with Crippen molar-refractivity contribution in [2.75, 3.05) is 24.7 Å². The van der Waals surface area contributed by atoms with Gasteiger partial charge in [0.2, 0.25) is 5.95 Å². The number of alkyl halides is 1. The molecule has 2 aromatic rings. The molecule has 1 aliphatic heterocycles. The number of aliphatic hydroxyl groups is 1. The standard InChI is InChI=1S/C18H29FN7O6P/c1-8(2)31-15(28)9(3)25-33(29)30-6-10-12(27)18(4,19)16(32-10)26-7-22-11-13(21-5)23-17(20)24-14(11)26/h7-10,12,16,27,33H,6H2,1-5H3,(H,25,29)(H3,20,21,23,24)/t9-,10?,12+,16+,18+/m0/s1. The lowest BCUT2D eigenvalue weighted by atomic mass is 9.98. The maximum Gasteiger partial charge on any atom is 0.323 e. The number of ether oxygens (including phenoxy) is 2. The van der Waals surface area contributed by atoms with E-state index in [2.05, 4.69) is 25.4 Å². The number of nitrogens with two attached hydrogens (primary N) is 1. The molecular formula is C18H29FN7O6P. The number of fused-ring (bicyclic) bond motifs is 1. The van der Waals surface area contributed by atoms with Gasteiger partial charge in [0.15, 0.2) is 28.9 Å². The van der Waals surface area contributed by atoms with E-state index >= 15 is 4.39 Å². The Bertz CT molecular complexity index is 1040. The lowest BCUT2D eigenvalue weighted by molar-refractivity contribution is -0.149. The fourth-order valence-corrected chi connectivity index (χ4v) is 4.27. The Hall–Kier alpha value is -2.38. The summed E-state index contributed by atoms with van der Waals surface area (Å²) in [6.07, 6.45) is -3.10. The Kier molecular flexibility index (Phi) is 7.54. The van der Waals surface area contributed by atoms with Crippen molar-refractivity contribution in [3.05, 3.63) is 6.33 Å². The van der Waals surface area contributed by atoms with Crippen molar-refractivity contribution in [2.45, 2.75) is 63.9 Å². The number of nitrogen functional groups attached to an aromatic ring is 1. The van der Waals surface area contributed by atoms with Crippen molar-refractivity contribution in [2.24, 2.45) is 0 Å². The van der Waals surface area contributed by atoms with Crippen LogP contribution in [0.1, 0.15) is 33.9 Å². The molecule has 0 bridgehead atoms. The first-order valence-corrected chi connectivity index (χ1v) is 11.6. The Morgan fingerprint density at radius 3 is 2.79 bits per heavy atom. The fourth-order valence-electron chi connectivity index (χ4n) is 3.40. The van der Waals surface area contributed by atoms with Crippen LogP contribution in [0.4, 0.5) is 16.2 Å². The minimum atomic E-state index is -2.91. The van der Waals surface area contributed by atoms with Crippen molar-refractivity contribution < 1.29 is 32.9 Å². The van der Waals surface area contributed by atoms with Gasteiger partial charge in [0, 0.05) is 7.05 Å². The van der Waals surface area contributed by atoms with E-state index in [1.54, 1.807) is 20.9 Å². The van der Waals surface area contributed by atoms with Crippen molar-refractivity contribution >= 4 is 37.1 Å². The predicted octanol–water partition coefficient (Wildman–Crippen LogP) is 0.773. The Balaban J connectivity index is 1.70. The summed E-state index contributed by atoms with van der Waals surface area (Å²) >= 11 is 0. The molecule has 0 saturated carbocycles. The number of imidazole rings is 1. The fraction of sp³-hybridized carbons (Fsp3) is 0.667. The molecule has 5 N–H and O–H groups in total. The highest BCUT2D eigenvalue weighted by atomic mass is 31.1. The van der Waals surface area contributed by atoms with Gasteiger partial charge >= 0.3 is 5.97 Å². The second kappa shape index (κ2) is 9.85. The van der Waals surface area contributed by atoms with Crippen LogP contribution in [-0.4, -0.2) is 74.3 Å². The maximum atomic E-state index is 15.5. The smallest absolute Gasteiger partial charge is 0.323 e. The summed E-state index contributed by atoms with van der Waals surface area (Å²) in [6, 6.07) is -0.878. The number of anilines is 2. The van der Waals surface area contributed by atoms with Crippen molar-refractivity contribution in [3.63, 3.8) is 0 Å². The normalized spacial score (nSPS) is 27.1. The first-order valence-electron chi connectivity index (χ1n) is 10.3. The van der Waals surface area contributed by atoms with Crippen LogP contribution >= 0.6 is 8.18 Å². The summed E-state index contributed by atoms with van der Waals surface area (Å²) in [6.45, 7) is 5.64. The average Bonchev–Trinajstić information content (AvgIpc) is 3.24. The van der Waals surface area contributed by atoms with Gasteiger partial charge in [-0.2, -0.15) is 9.97 Å². The number of hydrogen-bond acceptors (Lipinski definition) is 11. The molecule has 1 fully saturated rings. The van der Waals surface area contributed by atoms with E-state index < -0.39 is 44.3 Å². The lowest BCUT2D eigenvalue weighted by Crippen LogP contribution is -2.40. The molecule has 15 heteroatoms. The molecule has 33 heavy (non-hydrogen) atoms. The number of rotatable bonds is 9. The van der Waals surface area contributed by atoms with Gasteiger partial charge in [0.05, 0.1) is 19.0 Å². The first kappa shape index (κ1) is 25.2. The average molecular weight is 489 g/mol. The summed E-state index contributed by atoms with van der Waals surface area (Å²) in [7, 11) is -1.29. The zero-order chi connectivity index (χ0) is 24.5. The van der Waals surface area contributed by atoms with Crippen LogP contribution in [0.2, 0.25) is 0 Å².